The lowest BCUT2D eigenvalue weighted by Gasteiger charge is -2.36. The van der Waals surface area contributed by atoms with Gasteiger partial charge in [-0.3, -0.25) is 19.4 Å². The fourth-order valence-corrected chi connectivity index (χ4v) is 3.54. The first-order chi connectivity index (χ1) is 10.5. The largest absolute Gasteiger partial charge is 0.465 e. The molecule has 3 heterocycles. The van der Waals surface area contributed by atoms with Gasteiger partial charge >= 0.3 is 0 Å². The van der Waals surface area contributed by atoms with E-state index in [1.165, 1.54) is 11.2 Å². The van der Waals surface area contributed by atoms with E-state index < -0.39 is 0 Å². The second kappa shape index (κ2) is 6.28. The number of imide groups is 1. The molecule has 2 fully saturated rings. The molecule has 22 heavy (non-hydrogen) atoms. The van der Waals surface area contributed by atoms with Crippen molar-refractivity contribution in [1.82, 2.24) is 9.80 Å². The van der Waals surface area contributed by atoms with Crippen molar-refractivity contribution >= 4 is 29.0 Å². The topological polar surface area (TPSA) is 63.0 Å². The van der Waals surface area contributed by atoms with E-state index in [9.17, 15) is 9.59 Å². The third-order valence-electron chi connectivity index (χ3n) is 3.53. The van der Waals surface area contributed by atoms with Gasteiger partial charge in [-0.1, -0.05) is 0 Å². The maximum atomic E-state index is 12.4. The molecule has 1 aromatic heterocycles. The third-order valence-corrected chi connectivity index (χ3v) is 4.43. The first kappa shape index (κ1) is 15.3. The number of ether oxygens (including phenoxy) is 1. The van der Waals surface area contributed by atoms with E-state index in [0.717, 1.165) is 11.8 Å². The SMILES string of the molecule is CC1CN(CN2C(=O)SC(=Cc3ccco3)C2=O)CC(C)O1. The van der Waals surface area contributed by atoms with Crippen molar-refractivity contribution in [2.45, 2.75) is 26.1 Å². The Morgan fingerprint density at radius 1 is 1.32 bits per heavy atom. The number of morpholine rings is 1. The van der Waals surface area contributed by atoms with Crippen molar-refractivity contribution in [3.63, 3.8) is 0 Å². The Hall–Kier alpha value is -1.57. The molecule has 0 bridgehead atoms. The number of carbonyl (C=O) groups is 2. The van der Waals surface area contributed by atoms with Gasteiger partial charge in [-0.15, -0.1) is 0 Å². The second-order valence-corrected chi connectivity index (χ2v) is 6.55. The van der Waals surface area contributed by atoms with Crippen molar-refractivity contribution < 1.29 is 18.7 Å². The number of nitrogens with zero attached hydrogens (tertiary/aromatic N) is 2. The highest BCUT2D eigenvalue weighted by Gasteiger charge is 2.37. The van der Waals surface area contributed by atoms with Crippen LogP contribution in [0.15, 0.2) is 27.7 Å². The van der Waals surface area contributed by atoms with Gasteiger partial charge < -0.3 is 9.15 Å². The minimum absolute atomic E-state index is 0.0994. The lowest BCUT2D eigenvalue weighted by molar-refractivity contribution is -0.127. The zero-order valence-electron chi connectivity index (χ0n) is 12.5. The zero-order chi connectivity index (χ0) is 15.7. The molecule has 7 heteroatoms. The van der Waals surface area contributed by atoms with E-state index in [1.54, 1.807) is 18.2 Å². The summed E-state index contributed by atoms with van der Waals surface area (Å²) in [5, 5.41) is -0.241. The number of thioether (sulfide) groups is 1. The summed E-state index contributed by atoms with van der Waals surface area (Å²) in [5.74, 6) is 0.303. The molecule has 0 N–H and O–H groups in total. The molecule has 118 valence electrons. The van der Waals surface area contributed by atoms with Crippen LogP contribution in [0, 0.1) is 0 Å². The van der Waals surface area contributed by atoms with E-state index in [0.29, 0.717) is 30.4 Å². The summed E-state index contributed by atoms with van der Waals surface area (Å²) < 4.78 is 10.9. The van der Waals surface area contributed by atoms with Gasteiger partial charge in [0.15, 0.2) is 0 Å². The van der Waals surface area contributed by atoms with Crippen molar-refractivity contribution in [1.29, 1.82) is 0 Å². The Morgan fingerprint density at radius 2 is 2.05 bits per heavy atom. The van der Waals surface area contributed by atoms with Gasteiger partial charge in [-0.2, -0.15) is 0 Å². The molecule has 3 rings (SSSR count). The van der Waals surface area contributed by atoms with Gasteiger partial charge in [0.2, 0.25) is 0 Å². The Bertz CT molecular complexity index is 589. The zero-order valence-corrected chi connectivity index (χ0v) is 13.3. The van der Waals surface area contributed by atoms with Crippen LogP contribution in [0.4, 0.5) is 4.79 Å². The fourth-order valence-electron chi connectivity index (χ4n) is 2.72. The van der Waals surface area contributed by atoms with Crippen LogP contribution in [-0.4, -0.2) is 52.9 Å². The van der Waals surface area contributed by atoms with E-state index in [4.69, 9.17) is 9.15 Å². The minimum atomic E-state index is -0.266. The summed E-state index contributed by atoms with van der Waals surface area (Å²) in [7, 11) is 0. The molecule has 2 atom stereocenters. The molecule has 0 aromatic carbocycles. The van der Waals surface area contributed by atoms with Gasteiger partial charge in [-0.25, -0.2) is 0 Å². The van der Waals surface area contributed by atoms with Crippen LogP contribution >= 0.6 is 11.8 Å². The smallest absolute Gasteiger partial charge is 0.294 e. The van der Waals surface area contributed by atoms with E-state index >= 15 is 0 Å². The Morgan fingerprint density at radius 3 is 2.68 bits per heavy atom. The second-order valence-electron chi connectivity index (χ2n) is 5.56. The first-order valence-electron chi connectivity index (χ1n) is 7.19. The molecule has 2 aliphatic heterocycles. The van der Waals surface area contributed by atoms with Crippen molar-refractivity contribution in [3.8, 4) is 0 Å². The molecule has 0 saturated carbocycles. The van der Waals surface area contributed by atoms with Crippen LogP contribution in [0.25, 0.3) is 6.08 Å². The molecule has 0 spiro atoms. The number of furan rings is 1. The van der Waals surface area contributed by atoms with Crippen LogP contribution in [0.5, 0.6) is 0 Å². The summed E-state index contributed by atoms with van der Waals surface area (Å²) in [4.78, 5) is 28.2. The van der Waals surface area contributed by atoms with Crippen LogP contribution in [0.1, 0.15) is 19.6 Å². The molecular formula is C15H18N2O4S. The van der Waals surface area contributed by atoms with E-state index in [1.807, 2.05) is 13.8 Å². The van der Waals surface area contributed by atoms with Crippen molar-refractivity contribution in [2.75, 3.05) is 19.8 Å². The molecule has 2 aliphatic rings. The molecular weight excluding hydrogens is 304 g/mol. The maximum absolute atomic E-state index is 12.4. The maximum Gasteiger partial charge on any atom is 0.294 e. The van der Waals surface area contributed by atoms with Crippen LogP contribution in [-0.2, 0) is 9.53 Å². The average molecular weight is 322 g/mol. The van der Waals surface area contributed by atoms with Gasteiger partial charge in [-0.05, 0) is 37.7 Å². The Kier molecular flexibility index (Phi) is 4.37. The van der Waals surface area contributed by atoms with Gasteiger partial charge in [0.05, 0.1) is 30.0 Å². The highest BCUT2D eigenvalue weighted by Crippen LogP contribution is 2.32. The molecule has 0 aliphatic carbocycles. The summed E-state index contributed by atoms with van der Waals surface area (Å²) in [6.45, 7) is 5.71. The predicted octanol–water partition coefficient (Wildman–Crippen LogP) is 2.38. The Labute approximate surface area is 133 Å². The predicted molar refractivity (Wildman–Crippen MR) is 83.0 cm³/mol. The van der Waals surface area contributed by atoms with Gasteiger partial charge in [0.1, 0.15) is 5.76 Å². The number of carbonyl (C=O) groups excluding carboxylic acids is 2. The molecule has 2 saturated heterocycles. The van der Waals surface area contributed by atoms with Gasteiger partial charge in [0, 0.05) is 19.2 Å². The lowest BCUT2D eigenvalue weighted by Crippen LogP contribution is -2.50. The minimum Gasteiger partial charge on any atom is -0.465 e. The van der Waals surface area contributed by atoms with Gasteiger partial charge in [0.25, 0.3) is 11.1 Å². The number of hydrogen-bond acceptors (Lipinski definition) is 6. The van der Waals surface area contributed by atoms with E-state index in [2.05, 4.69) is 4.90 Å². The summed E-state index contributed by atoms with van der Waals surface area (Å²) in [5.41, 5.74) is 0. The molecule has 2 amide bonds. The average Bonchev–Trinajstić information content (AvgIpc) is 3.03. The lowest BCUT2D eigenvalue weighted by atomic mass is 10.2. The quantitative estimate of drug-likeness (QED) is 0.796. The monoisotopic (exact) mass is 322 g/mol. The van der Waals surface area contributed by atoms with Crippen molar-refractivity contribution in [2.24, 2.45) is 0 Å². The Balaban J connectivity index is 1.69. The third kappa shape index (κ3) is 3.26. The highest BCUT2D eigenvalue weighted by atomic mass is 32.2. The molecule has 1 aromatic rings. The number of hydrogen-bond donors (Lipinski definition) is 0. The molecule has 0 radical (unpaired) electrons. The standard InChI is InChI=1S/C15H18N2O4S/c1-10-7-16(8-11(2)21-10)9-17-14(18)13(22-15(17)19)6-12-4-3-5-20-12/h3-6,10-11H,7-9H2,1-2H3. The van der Waals surface area contributed by atoms with E-state index in [-0.39, 0.29) is 23.4 Å². The van der Waals surface area contributed by atoms with Crippen LogP contribution in [0.2, 0.25) is 0 Å². The van der Waals surface area contributed by atoms with Crippen molar-refractivity contribution in [3.05, 3.63) is 29.1 Å². The summed E-state index contributed by atoms with van der Waals surface area (Å²) >= 11 is 0.951. The number of amides is 2. The fraction of sp³-hybridized carbons (Fsp3) is 0.467. The normalized spacial score (nSPS) is 28.8. The van der Waals surface area contributed by atoms with Crippen LogP contribution in [0.3, 0.4) is 0 Å². The molecule has 6 nitrogen and oxygen atoms in total. The van der Waals surface area contributed by atoms with Crippen LogP contribution < -0.4 is 0 Å². The first-order valence-corrected chi connectivity index (χ1v) is 8.01. The summed E-state index contributed by atoms with van der Waals surface area (Å²) in [6.07, 6.45) is 3.34. The number of rotatable bonds is 3. The molecule has 2 unspecified atom stereocenters. The summed E-state index contributed by atoms with van der Waals surface area (Å²) in [6, 6.07) is 3.49. The highest BCUT2D eigenvalue weighted by molar-refractivity contribution is 8.18.